The summed E-state index contributed by atoms with van der Waals surface area (Å²) in [7, 11) is 0. The van der Waals surface area contributed by atoms with E-state index < -0.39 is 66.4 Å². The van der Waals surface area contributed by atoms with Crippen molar-refractivity contribution >= 4 is 35.6 Å². The summed E-state index contributed by atoms with van der Waals surface area (Å²) in [5.74, 6) is -4.75. The first kappa shape index (κ1) is 27.4. The van der Waals surface area contributed by atoms with Crippen molar-refractivity contribution in [2.24, 2.45) is 0 Å². The van der Waals surface area contributed by atoms with Crippen LogP contribution in [0.15, 0.2) is 29.2 Å². The standard InChI is InChI=1S/C21H24F3NO8S/c1-10-5-7-14(8-6-10)34-19-16(25-20(29)21(22,23)24)18(32-13(4)28)17(31-12(3)27)15(33-19)9-30-11(2)26/h5-8,15-19H,9H2,1-4H3,(H,25,29)/t15-,16-,17+,18-,19+/m1/s1. The summed E-state index contributed by atoms with van der Waals surface area (Å²) in [5, 5.41) is 1.80. The number of thioether (sulfide) groups is 1. The fraction of sp³-hybridized carbons (Fsp3) is 0.524. The highest BCUT2D eigenvalue weighted by Crippen LogP contribution is 2.36. The lowest BCUT2D eigenvalue weighted by Gasteiger charge is -2.45. The van der Waals surface area contributed by atoms with Gasteiger partial charge < -0.3 is 24.3 Å². The van der Waals surface area contributed by atoms with Crippen LogP contribution >= 0.6 is 11.8 Å². The number of ether oxygens (including phenoxy) is 4. The summed E-state index contributed by atoms with van der Waals surface area (Å²) in [6.45, 7) is 4.55. The second kappa shape index (κ2) is 11.6. The Morgan fingerprint density at radius 3 is 2.03 bits per heavy atom. The van der Waals surface area contributed by atoms with Gasteiger partial charge in [0.2, 0.25) is 0 Å². The van der Waals surface area contributed by atoms with E-state index in [0.29, 0.717) is 4.90 Å². The number of amides is 1. The van der Waals surface area contributed by atoms with Crippen molar-refractivity contribution in [3.8, 4) is 0 Å². The molecule has 0 aromatic heterocycles. The molecule has 188 valence electrons. The Balaban J connectivity index is 2.50. The van der Waals surface area contributed by atoms with Gasteiger partial charge in [-0.3, -0.25) is 19.2 Å². The van der Waals surface area contributed by atoms with Gasteiger partial charge in [-0.2, -0.15) is 13.2 Å². The van der Waals surface area contributed by atoms with Gasteiger partial charge in [0.1, 0.15) is 24.2 Å². The zero-order chi connectivity index (χ0) is 25.6. The van der Waals surface area contributed by atoms with Crippen LogP contribution in [0.4, 0.5) is 13.2 Å². The predicted molar refractivity (Wildman–Crippen MR) is 111 cm³/mol. The van der Waals surface area contributed by atoms with E-state index in [9.17, 15) is 32.3 Å². The number of aryl methyl sites for hydroxylation is 1. The van der Waals surface area contributed by atoms with Gasteiger partial charge in [-0.1, -0.05) is 29.5 Å². The first-order valence-corrected chi connectivity index (χ1v) is 10.9. The average Bonchev–Trinajstić information content (AvgIpc) is 2.71. The molecule has 5 atom stereocenters. The molecule has 0 spiro atoms. The maximum atomic E-state index is 13.1. The number of carbonyl (C=O) groups is 4. The van der Waals surface area contributed by atoms with E-state index in [2.05, 4.69) is 0 Å². The Hall–Kier alpha value is -2.80. The Kier molecular flexibility index (Phi) is 9.33. The van der Waals surface area contributed by atoms with E-state index in [1.165, 1.54) is 0 Å². The normalized spacial score (nSPS) is 24.6. The summed E-state index contributed by atoms with van der Waals surface area (Å²) in [6, 6.07) is 5.31. The van der Waals surface area contributed by atoms with Crippen molar-refractivity contribution in [3.05, 3.63) is 29.8 Å². The third-order valence-electron chi connectivity index (χ3n) is 4.53. The summed E-state index contributed by atoms with van der Waals surface area (Å²) >= 11 is 0.947. The number of benzene rings is 1. The largest absolute Gasteiger partial charge is 0.471 e. The number of rotatable bonds is 7. The van der Waals surface area contributed by atoms with Gasteiger partial charge in [0.15, 0.2) is 12.2 Å². The lowest BCUT2D eigenvalue weighted by atomic mass is 9.97. The molecule has 0 unspecified atom stereocenters. The quantitative estimate of drug-likeness (QED) is 0.438. The molecule has 1 aliphatic rings. The van der Waals surface area contributed by atoms with E-state index in [4.69, 9.17) is 18.9 Å². The molecule has 1 saturated heterocycles. The molecule has 13 heteroatoms. The number of halogens is 3. The van der Waals surface area contributed by atoms with Crippen LogP contribution in [0.5, 0.6) is 0 Å². The van der Waals surface area contributed by atoms with Gasteiger partial charge in [-0.15, -0.1) is 0 Å². The zero-order valence-corrected chi connectivity index (χ0v) is 19.5. The summed E-state index contributed by atoms with van der Waals surface area (Å²) < 4.78 is 60.5. The van der Waals surface area contributed by atoms with E-state index in [1.54, 1.807) is 29.6 Å². The molecule has 0 aliphatic carbocycles. The van der Waals surface area contributed by atoms with Crippen molar-refractivity contribution in [1.29, 1.82) is 0 Å². The zero-order valence-electron chi connectivity index (χ0n) is 18.7. The van der Waals surface area contributed by atoms with Crippen molar-refractivity contribution < 1.29 is 51.3 Å². The number of carbonyl (C=O) groups excluding carboxylic acids is 4. The average molecular weight is 507 g/mol. The van der Waals surface area contributed by atoms with Gasteiger partial charge in [0.05, 0.1) is 0 Å². The highest BCUT2D eigenvalue weighted by Gasteiger charge is 2.53. The van der Waals surface area contributed by atoms with Crippen LogP contribution in [-0.2, 0) is 38.1 Å². The van der Waals surface area contributed by atoms with Crippen molar-refractivity contribution in [3.63, 3.8) is 0 Å². The molecule has 9 nitrogen and oxygen atoms in total. The number of hydrogen-bond acceptors (Lipinski definition) is 9. The Morgan fingerprint density at radius 1 is 0.971 bits per heavy atom. The molecule has 0 bridgehead atoms. The Morgan fingerprint density at radius 2 is 1.53 bits per heavy atom. The monoisotopic (exact) mass is 507 g/mol. The minimum absolute atomic E-state index is 0.448. The topological polar surface area (TPSA) is 117 Å². The van der Waals surface area contributed by atoms with Gasteiger partial charge in [0, 0.05) is 25.7 Å². The molecule has 1 fully saturated rings. The van der Waals surface area contributed by atoms with E-state index in [0.717, 1.165) is 38.1 Å². The van der Waals surface area contributed by atoms with Crippen LogP contribution in [0.2, 0.25) is 0 Å². The van der Waals surface area contributed by atoms with Crippen LogP contribution in [0.3, 0.4) is 0 Å². The second-order valence-electron chi connectivity index (χ2n) is 7.42. The van der Waals surface area contributed by atoms with Crippen molar-refractivity contribution in [2.75, 3.05) is 6.61 Å². The molecular formula is C21H24F3NO8S. The number of esters is 3. The van der Waals surface area contributed by atoms with Crippen LogP contribution in [-0.4, -0.2) is 66.4 Å². The number of nitrogens with one attached hydrogen (secondary N) is 1. The molecule has 0 radical (unpaired) electrons. The molecule has 1 N–H and O–H groups in total. The van der Waals surface area contributed by atoms with E-state index in [-0.39, 0.29) is 0 Å². The van der Waals surface area contributed by atoms with Gasteiger partial charge in [-0.05, 0) is 19.1 Å². The molecule has 34 heavy (non-hydrogen) atoms. The summed E-state index contributed by atoms with van der Waals surface area (Å²) in [4.78, 5) is 47.3. The van der Waals surface area contributed by atoms with E-state index in [1.807, 2.05) is 6.92 Å². The number of alkyl halides is 3. The van der Waals surface area contributed by atoms with Crippen LogP contribution in [0, 0.1) is 6.92 Å². The van der Waals surface area contributed by atoms with Gasteiger partial charge >= 0.3 is 30.0 Å². The molecule has 1 aliphatic heterocycles. The molecule has 1 heterocycles. The number of hydrogen-bond donors (Lipinski definition) is 1. The summed E-state index contributed by atoms with van der Waals surface area (Å²) in [6.07, 6.45) is -9.51. The van der Waals surface area contributed by atoms with Crippen LogP contribution in [0.25, 0.3) is 0 Å². The Bertz CT molecular complexity index is 908. The van der Waals surface area contributed by atoms with Crippen LogP contribution < -0.4 is 5.32 Å². The predicted octanol–water partition coefficient (Wildman–Crippen LogP) is 2.29. The Labute approximate surface area is 197 Å². The van der Waals surface area contributed by atoms with Gasteiger partial charge in [0.25, 0.3) is 0 Å². The lowest BCUT2D eigenvalue weighted by molar-refractivity contribution is -0.214. The first-order chi connectivity index (χ1) is 15.8. The highest BCUT2D eigenvalue weighted by molar-refractivity contribution is 7.99. The first-order valence-electron chi connectivity index (χ1n) is 10.0. The van der Waals surface area contributed by atoms with Crippen LogP contribution in [0.1, 0.15) is 26.3 Å². The maximum absolute atomic E-state index is 13.1. The third-order valence-corrected chi connectivity index (χ3v) is 5.71. The fourth-order valence-electron chi connectivity index (χ4n) is 3.14. The lowest BCUT2D eigenvalue weighted by Crippen LogP contribution is -2.66. The SMILES string of the molecule is CC(=O)OC[C@H]1O[C@@H](Sc2ccc(C)cc2)[C@H](NC(=O)C(F)(F)F)[C@@H](OC(C)=O)[C@H]1OC(C)=O. The van der Waals surface area contributed by atoms with E-state index >= 15 is 0 Å². The van der Waals surface area contributed by atoms with Gasteiger partial charge in [-0.25, -0.2) is 0 Å². The fourth-order valence-corrected chi connectivity index (χ4v) is 4.27. The molecule has 1 aromatic carbocycles. The molecule has 1 amide bonds. The van der Waals surface area contributed by atoms with Crippen molar-refractivity contribution in [2.45, 2.75) is 68.6 Å². The molecule has 1 aromatic rings. The highest BCUT2D eigenvalue weighted by atomic mass is 32.2. The molecule has 2 rings (SSSR count). The minimum Gasteiger partial charge on any atom is -0.463 e. The minimum atomic E-state index is -5.24. The second-order valence-corrected chi connectivity index (χ2v) is 8.59. The smallest absolute Gasteiger partial charge is 0.463 e. The summed E-state index contributed by atoms with van der Waals surface area (Å²) in [5.41, 5.74) is -0.318. The molecule has 0 saturated carbocycles. The van der Waals surface area contributed by atoms with Crippen molar-refractivity contribution in [1.82, 2.24) is 5.32 Å². The third kappa shape index (κ3) is 7.90. The molecular weight excluding hydrogens is 483 g/mol. The maximum Gasteiger partial charge on any atom is 0.471 e.